The number of hydrogen-bond acceptors (Lipinski definition) is 2. The summed E-state index contributed by atoms with van der Waals surface area (Å²) >= 11 is 0. The molecule has 0 aliphatic carbocycles. The Balaban J connectivity index is 1.74. The van der Waals surface area contributed by atoms with E-state index in [0.717, 1.165) is 26.3 Å². The summed E-state index contributed by atoms with van der Waals surface area (Å²) in [6.07, 6.45) is 8.04. The highest BCUT2D eigenvalue weighted by atomic mass is 16.5. The molecule has 0 unspecified atom stereocenters. The maximum Gasteiger partial charge on any atom is 0.0642 e. The number of benzene rings is 1. The Bertz CT molecular complexity index is 341. The molecule has 2 rings (SSSR count). The Labute approximate surface area is 117 Å². The van der Waals surface area contributed by atoms with Gasteiger partial charge in [0.15, 0.2) is 0 Å². The fourth-order valence-corrected chi connectivity index (χ4v) is 2.63. The van der Waals surface area contributed by atoms with E-state index in [1.165, 1.54) is 49.8 Å². The summed E-state index contributed by atoms with van der Waals surface area (Å²) in [5.41, 5.74) is 2.83. The normalized spacial score (nSPS) is 15.7. The largest absolute Gasteiger partial charge is 0.378 e. The molecule has 0 bridgehead atoms. The van der Waals surface area contributed by atoms with E-state index in [-0.39, 0.29) is 0 Å². The summed E-state index contributed by atoms with van der Waals surface area (Å²) in [6.45, 7) is 6.04. The molecule has 0 radical (unpaired) electrons. The van der Waals surface area contributed by atoms with Crippen molar-refractivity contribution in [3.05, 3.63) is 29.8 Å². The van der Waals surface area contributed by atoms with E-state index in [1.54, 1.807) is 0 Å². The zero-order valence-electron chi connectivity index (χ0n) is 12.2. The van der Waals surface area contributed by atoms with Gasteiger partial charge in [-0.25, -0.2) is 0 Å². The standard InChI is InChI=1S/C17H27NO/c1-2-3-4-5-6-7-16-8-10-17(11-9-16)18-12-14-19-15-13-18/h8-11H,2-7,12-15H2,1H3. The number of morpholine rings is 1. The van der Waals surface area contributed by atoms with E-state index < -0.39 is 0 Å². The van der Waals surface area contributed by atoms with Crippen LogP contribution in [0.3, 0.4) is 0 Å². The lowest BCUT2D eigenvalue weighted by Gasteiger charge is -2.28. The molecular formula is C17H27NO. The number of nitrogens with zero attached hydrogens (tertiary/aromatic N) is 1. The van der Waals surface area contributed by atoms with Crippen LogP contribution < -0.4 is 4.90 Å². The van der Waals surface area contributed by atoms with Gasteiger partial charge in [0.05, 0.1) is 13.2 Å². The molecule has 1 aliphatic rings. The molecule has 1 aromatic rings. The zero-order valence-corrected chi connectivity index (χ0v) is 12.2. The van der Waals surface area contributed by atoms with Gasteiger partial charge in [-0.1, -0.05) is 44.7 Å². The molecule has 1 aromatic carbocycles. The Kier molecular flexibility index (Phi) is 6.22. The van der Waals surface area contributed by atoms with Crippen LogP contribution in [-0.2, 0) is 11.2 Å². The first-order chi connectivity index (χ1) is 9.40. The highest BCUT2D eigenvalue weighted by Crippen LogP contribution is 2.18. The van der Waals surface area contributed by atoms with E-state index >= 15 is 0 Å². The monoisotopic (exact) mass is 261 g/mol. The van der Waals surface area contributed by atoms with Gasteiger partial charge >= 0.3 is 0 Å². The molecule has 0 amide bonds. The highest BCUT2D eigenvalue weighted by Gasteiger charge is 2.10. The summed E-state index contributed by atoms with van der Waals surface area (Å²) in [7, 11) is 0. The van der Waals surface area contributed by atoms with Crippen molar-refractivity contribution in [1.29, 1.82) is 0 Å². The smallest absolute Gasteiger partial charge is 0.0642 e. The molecular weight excluding hydrogens is 234 g/mol. The van der Waals surface area contributed by atoms with Gasteiger partial charge in [0.2, 0.25) is 0 Å². The first-order valence-electron chi connectivity index (χ1n) is 7.82. The van der Waals surface area contributed by atoms with Crippen molar-refractivity contribution < 1.29 is 4.74 Å². The summed E-state index contributed by atoms with van der Waals surface area (Å²) in [4.78, 5) is 2.41. The van der Waals surface area contributed by atoms with Crippen molar-refractivity contribution in [2.45, 2.75) is 45.4 Å². The van der Waals surface area contributed by atoms with Crippen molar-refractivity contribution in [2.24, 2.45) is 0 Å². The van der Waals surface area contributed by atoms with Gasteiger partial charge in [0.1, 0.15) is 0 Å². The zero-order chi connectivity index (χ0) is 13.3. The van der Waals surface area contributed by atoms with Gasteiger partial charge in [0, 0.05) is 18.8 Å². The predicted molar refractivity (Wildman–Crippen MR) is 81.9 cm³/mol. The quantitative estimate of drug-likeness (QED) is 0.687. The number of anilines is 1. The third-order valence-corrected chi connectivity index (χ3v) is 3.88. The average molecular weight is 261 g/mol. The molecule has 2 heteroatoms. The van der Waals surface area contributed by atoms with Gasteiger partial charge in [-0.15, -0.1) is 0 Å². The fourth-order valence-electron chi connectivity index (χ4n) is 2.63. The predicted octanol–water partition coefficient (Wildman–Crippen LogP) is 4.04. The lowest BCUT2D eigenvalue weighted by molar-refractivity contribution is 0.122. The average Bonchev–Trinajstić information content (AvgIpc) is 2.49. The van der Waals surface area contributed by atoms with Crippen LogP contribution in [-0.4, -0.2) is 26.3 Å². The van der Waals surface area contributed by atoms with Crippen molar-refractivity contribution in [3.8, 4) is 0 Å². The summed E-state index contributed by atoms with van der Waals surface area (Å²) in [5, 5.41) is 0. The van der Waals surface area contributed by atoms with Gasteiger partial charge < -0.3 is 9.64 Å². The SMILES string of the molecule is CCCCCCCc1ccc(N2CCOCC2)cc1. The van der Waals surface area contributed by atoms with E-state index in [4.69, 9.17) is 4.74 Å². The minimum atomic E-state index is 0.860. The molecule has 2 nitrogen and oxygen atoms in total. The Morgan fingerprint density at radius 1 is 0.947 bits per heavy atom. The second kappa shape index (κ2) is 8.21. The van der Waals surface area contributed by atoms with Crippen LogP contribution in [0.4, 0.5) is 5.69 Å². The molecule has 0 aromatic heterocycles. The fraction of sp³-hybridized carbons (Fsp3) is 0.647. The third kappa shape index (κ3) is 4.87. The van der Waals surface area contributed by atoms with Gasteiger partial charge in [-0.05, 0) is 30.5 Å². The number of hydrogen-bond donors (Lipinski definition) is 0. The summed E-state index contributed by atoms with van der Waals surface area (Å²) in [6, 6.07) is 9.13. The van der Waals surface area contributed by atoms with Gasteiger partial charge in [-0.2, -0.15) is 0 Å². The first kappa shape index (κ1) is 14.4. The topological polar surface area (TPSA) is 12.5 Å². The molecule has 0 spiro atoms. The molecule has 0 saturated carbocycles. The highest BCUT2D eigenvalue weighted by molar-refractivity contribution is 5.47. The molecule has 106 valence electrons. The van der Waals surface area contributed by atoms with Crippen molar-refractivity contribution >= 4 is 5.69 Å². The van der Waals surface area contributed by atoms with Gasteiger partial charge in [0.25, 0.3) is 0 Å². The van der Waals surface area contributed by atoms with Crippen LogP contribution >= 0.6 is 0 Å². The van der Waals surface area contributed by atoms with Crippen LogP contribution in [0.25, 0.3) is 0 Å². The van der Waals surface area contributed by atoms with Crippen LogP contribution in [0.2, 0.25) is 0 Å². The molecule has 1 saturated heterocycles. The minimum absolute atomic E-state index is 0.860. The summed E-state index contributed by atoms with van der Waals surface area (Å²) in [5.74, 6) is 0. The second-order valence-electron chi connectivity index (χ2n) is 5.43. The van der Waals surface area contributed by atoms with Crippen molar-refractivity contribution in [3.63, 3.8) is 0 Å². The number of aryl methyl sites for hydroxylation is 1. The first-order valence-corrected chi connectivity index (χ1v) is 7.82. The molecule has 0 atom stereocenters. The van der Waals surface area contributed by atoms with Crippen molar-refractivity contribution in [2.75, 3.05) is 31.2 Å². The van der Waals surface area contributed by atoms with E-state index in [9.17, 15) is 0 Å². The van der Waals surface area contributed by atoms with Crippen molar-refractivity contribution in [1.82, 2.24) is 0 Å². The van der Waals surface area contributed by atoms with Crippen LogP contribution in [0, 0.1) is 0 Å². The maximum absolute atomic E-state index is 5.39. The lowest BCUT2D eigenvalue weighted by Crippen LogP contribution is -2.36. The maximum atomic E-state index is 5.39. The Morgan fingerprint density at radius 3 is 2.32 bits per heavy atom. The molecule has 1 aliphatic heterocycles. The third-order valence-electron chi connectivity index (χ3n) is 3.88. The van der Waals surface area contributed by atoms with E-state index in [2.05, 4.69) is 36.1 Å². The van der Waals surface area contributed by atoms with Crippen LogP contribution in [0.5, 0.6) is 0 Å². The lowest BCUT2D eigenvalue weighted by atomic mass is 10.1. The molecule has 19 heavy (non-hydrogen) atoms. The van der Waals surface area contributed by atoms with Crippen LogP contribution in [0.1, 0.15) is 44.6 Å². The molecule has 0 N–H and O–H groups in total. The number of rotatable bonds is 7. The van der Waals surface area contributed by atoms with E-state index in [0.29, 0.717) is 0 Å². The van der Waals surface area contributed by atoms with E-state index in [1.807, 2.05) is 0 Å². The molecule has 1 fully saturated rings. The number of unbranched alkanes of at least 4 members (excludes halogenated alkanes) is 4. The Morgan fingerprint density at radius 2 is 1.63 bits per heavy atom. The number of ether oxygens (including phenoxy) is 1. The summed E-state index contributed by atoms with van der Waals surface area (Å²) < 4.78 is 5.39. The molecule has 1 heterocycles. The second-order valence-corrected chi connectivity index (χ2v) is 5.43. The minimum Gasteiger partial charge on any atom is -0.378 e. The Hall–Kier alpha value is -1.02. The van der Waals surface area contributed by atoms with Gasteiger partial charge in [-0.3, -0.25) is 0 Å². The van der Waals surface area contributed by atoms with Crippen LogP contribution in [0.15, 0.2) is 24.3 Å².